The Bertz CT molecular complexity index is 665. The molecule has 4 nitrogen and oxygen atoms in total. The SMILES string of the molecule is CCCCCCCCc1ccccc1C(=O)O.O=C(O)c1ccccc1. The first-order valence-corrected chi connectivity index (χ1v) is 9.15. The molecule has 0 aromatic heterocycles. The van der Waals surface area contributed by atoms with E-state index in [4.69, 9.17) is 10.2 Å². The van der Waals surface area contributed by atoms with E-state index in [1.54, 1.807) is 42.5 Å². The molecule has 4 heteroatoms. The van der Waals surface area contributed by atoms with Crippen LogP contribution in [0.1, 0.15) is 71.7 Å². The Morgan fingerprint density at radius 1 is 0.731 bits per heavy atom. The second-order valence-electron chi connectivity index (χ2n) is 6.15. The highest BCUT2D eigenvalue weighted by Crippen LogP contribution is 2.14. The van der Waals surface area contributed by atoms with Gasteiger partial charge < -0.3 is 10.2 Å². The standard InChI is InChI=1S/C15H22O2.C7H6O2/c1-2-3-4-5-6-7-10-13-11-8-9-12-14(13)15(16)17;8-7(9)6-4-2-1-3-5-6/h8-9,11-12H,2-7,10H2,1H3,(H,16,17);1-5H,(H,8,9). The van der Waals surface area contributed by atoms with E-state index in [2.05, 4.69) is 6.92 Å². The summed E-state index contributed by atoms with van der Waals surface area (Å²) >= 11 is 0. The van der Waals surface area contributed by atoms with Crippen LogP contribution in [-0.2, 0) is 6.42 Å². The Labute approximate surface area is 155 Å². The lowest BCUT2D eigenvalue weighted by Gasteiger charge is -2.05. The van der Waals surface area contributed by atoms with Crippen LogP contribution in [0.4, 0.5) is 0 Å². The first-order valence-electron chi connectivity index (χ1n) is 9.15. The summed E-state index contributed by atoms with van der Waals surface area (Å²) in [6.45, 7) is 2.21. The summed E-state index contributed by atoms with van der Waals surface area (Å²) in [5.41, 5.74) is 1.76. The van der Waals surface area contributed by atoms with Crippen LogP contribution in [0, 0.1) is 0 Å². The fourth-order valence-corrected chi connectivity index (χ4v) is 2.62. The Morgan fingerprint density at radius 2 is 1.31 bits per heavy atom. The van der Waals surface area contributed by atoms with Gasteiger partial charge in [-0.05, 0) is 36.6 Å². The number of rotatable bonds is 9. The molecule has 0 aliphatic heterocycles. The molecular weight excluding hydrogens is 328 g/mol. The highest BCUT2D eigenvalue weighted by atomic mass is 16.4. The second kappa shape index (κ2) is 12.7. The minimum Gasteiger partial charge on any atom is -0.478 e. The predicted octanol–water partition coefficient (Wildman–Crippen LogP) is 5.67. The molecule has 0 aliphatic rings. The average molecular weight is 356 g/mol. The van der Waals surface area contributed by atoms with Crippen molar-refractivity contribution >= 4 is 11.9 Å². The summed E-state index contributed by atoms with van der Waals surface area (Å²) in [5, 5.41) is 17.4. The first kappa shape index (κ1) is 21.4. The molecule has 0 spiro atoms. The average Bonchev–Trinajstić information content (AvgIpc) is 2.66. The summed E-state index contributed by atoms with van der Waals surface area (Å²) in [6.07, 6.45) is 8.32. The van der Waals surface area contributed by atoms with Gasteiger partial charge in [-0.2, -0.15) is 0 Å². The topological polar surface area (TPSA) is 74.6 Å². The Kier molecular flexibility index (Phi) is 10.5. The number of hydrogen-bond acceptors (Lipinski definition) is 2. The van der Waals surface area contributed by atoms with E-state index in [1.807, 2.05) is 12.1 Å². The number of aryl methyl sites for hydroxylation is 1. The van der Waals surface area contributed by atoms with E-state index in [-0.39, 0.29) is 0 Å². The number of carboxylic acid groups (broad SMARTS) is 2. The van der Waals surface area contributed by atoms with Gasteiger partial charge in [-0.1, -0.05) is 75.4 Å². The van der Waals surface area contributed by atoms with Crippen LogP contribution in [0.2, 0.25) is 0 Å². The molecule has 26 heavy (non-hydrogen) atoms. The lowest BCUT2D eigenvalue weighted by Crippen LogP contribution is -2.02. The molecule has 0 heterocycles. The number of aromatic carboxylic acids is 2. The summed E-state index contributed by atoms with van der Waals surface area (Å²) in [7, 11) is 0. The normalized spacial score (nSPS) is 9.88. The molecule has 0 fully saturated rings. The maximum atomic E-state index is 11.0. The zero-order chi connectivity index (χ0) is 19.2. The fraction of sp³-hybridized carbons (Fsp3) is 0.364. The number of carbonyl (C=O) groups is 2. The van der Waals surface area contributed by atoms with Crippen LogP contribution in [0.3, 0.4) is 0 Å². The van der Waals surface area contributed by atoms with Crippen molar-refractivity contribution in [3.63, 3.8) is 0 Å². The maximum absolute atomic E-state index is 11.0. The molecule has 2 N–H and O–H groups in total. The van der Waals surface area contributed by atoms with Gasteiger partial charge in [0.1, 0.15) is 0 Å². The van der Waals surface area contributed by atoms with E-state index in [0.29, 0.717) is 11.1 Å². The zero-order valence-corrected chi connectivity index (χ0v) is 15.4. The van der Waals surface area contributed by atoms with Crippen LogP contribution < -0.4 is 0 Å². The molecule has 0 aliphatic carbocycles. The van der Waals surface area contributed by atoms with Crippen molar-refractivity contribution in [2.24, 2.45) is 0 Å². The van der Waals surface area contributed by atoms with Gasteiger partial charge in [-0.25, -0.2) is 9.59 Å². The van der Waals surface area contributed by atoms with Gasteiger partial charge in [0.2, 0.25) is 0 Å². The van der Waals surface area contributed by atoms with E-state index in [0.717, 1.165) is 18.4 Å². The number of benzene rings is 2. The molecule has 2 rings (SSSR count). The first-order chi connectivity index (χ1) is 12.6. The third-order valence-corrected chi connectivity index (χ3v) is 4.07. The van der Waals surface area contributed by atoms with Crippen molar-refractivity contribution in [3.8, 4) is 0 Å². The largest absolute Gasteiger partial charge is 0.478 e. The Morgan fingerprint density at radius 3 is 1.88 bits per heavy atom. The van der Waals surface area contributed by atoms with Gasteiger partial charge in [-0.3, -0.25) is 0 Å². The second-order valence-corrected chi connectivity index (χ2v) is 6.15. The van der Waals surface area contributed by atoms with Crippen molar-refractivity contribution in [1.82, 2.24) is 0 Å². The van der Waals surface area contributed by atoms with Crippen LogP contribution in [0.25, 0.3) is 0 Å². The third kappa shape index (κ3) is 8.47. The molecular formula is C22H28O4. The van der Waals surface area contributed by atoms with Crippen LogP contribution >= 0.6 is 0 Å². The van der Waals surface area contributed by atoms with Gasteiger partial charge in [0, 0.05) is 0 Å². The molecule has 2 aromatic rings. The van der Waals surface area contributed by atoms with Gasteiger partial charge in [0.25, 0.3) is 0 Å². The quantitative estimate of drug-likeness (QED) is 0.567. The van der Waals surface area contributed by atoms with Crippen LogP contribution in [-0.4, -0.2) is 22.2 Å². The maximum Gasteiger partial charge on any atom is 0.335 e. The van der Waals surface area contributed by atoms with E-state index in [9.17, 15) is 9.59 Å². The van der Waals surface area contributed by atoms with Crippen LogP contribution in [0.5, 0.6) is 0 Å². The van der Waals surface area contributed by atoms with Crippen molar-refractivity contribution in [2.75, 3.05) is 0 Å². The van der Waals surface area contributed by atoms with E-state index < -0.39 is 11.9 Å². The molecule has 2 aromatic carbocycles. The van der Waals surface area contributed by atoms with Gasteiger partial charge in [-0.15, -0.1) is 0 Å². The van der Waals surface area contributed by atoms with Crippen LogP contribution in [0.15, 0.2) is 54.6 Å². The van der Waals surface area contributed by atoms with Crippen molar-refractivity contribution < 1.29 is 19.8 Å². The molecule has 0 saturated carbocycles. The summed E-state index contributed by atoms with van der Waals surface area (Å²) in [6, 6.07) is 15.6. The zero-order valence-electron chi connectivity index (χ0n) is 15.4. The van der Waals surface area contributed by atoms with Gasteiger partial charge in [0.05, 0.1) is 11.1 Å². The molecule has 0 atom stereocenters. The Balaban J connectivity index is 0.000000314. The third-order valence-electron chi connectivity index (χ3n) is 4.07. The number of unbranched alkanes of at least 4 members (excludes halogenated alkanes) is 5. The summed E-state index contributed by atoms with van der Waals surface area (Å²) in [5.74, 6) is -1.69. The predicted molar refractivity (Wildman–Crippen MR) is 104 cm³/mol. The molecule has 0 amide bonds. The highest BCUT2D eigenvalue weighted by molar-refractivity contribution is 5.89. The van der Waals surface area contributed by atoms with E-state index >= 15 is 0 Å². The minimum absolute atomic E-state index is 0.331. The Hall–Kier alpha value is -2.62. The number of carboxylic acids is 2. The molecule has 0 bridgehead atoms. The lowest BCUT2D eigenvalue weighted by molar-refractivity contribution is 0.0685. The van der Waals surface area contributed by atoms with E-state index in [1.165, 1.54) is 32.1 Å². The molecule has 140 valence electrons. The molecule has 0 saturated heterocycles. The van der Waals surface area contributed by atoms with Gasteiger partial charge in [0.15, 0.2) is 0 Å². The summed E-state index contributed by atoms with van der Waals surface area (Å²) < 4.78 is 0. The molecule has 0 radical (unpaired) electrons. The minimum atomic E-state index is -0.879. The van der Waals surface area contributed by atoms with Crippen molar-refractivity contribution in [2.45, 2.75) is 51.9 Å². The summed E-state index contributed by atoms with van der Waals surface area (Å²) in [4.78, 5) is 21.2. The fourth-order valence-electron chi connectivity index (χ4n) is 2.62. The smallest absolute Gasteiger partial charge is 0.335 e. The highest BCUT2D eigenvalue weighted by Gasteiger charge is 2.07. The monoisotopic (exact) mass is 356 g/mol. The number of hydrogen-bond donors (Lipinski definition) is 2. The van der Waals surface area contributed by atoms with Crippen molar-refractivity contribution in [3.05, 3.63) is 71.3 Å². The molecule has 0 unspecified atom stereocenters. The lowest BCUT2D eigenvalue weighted by atomic mass is 10.0. The van der Waals surface area contributed by atoms with Gasteiger partial charge >= 0.3 is 11.9 Å². The van der Waals surface area contributed by atoms with Crippen molar-refractivity contribution in [1.29, 1.82) is 0 Å².